The van der Waals surface area contributed by atoms with Gasteiger partial charge in [-0.05, 0) is 53.9 Å². The van der Waals surface area contributed by atoms with Gasteiger partial charge in [-0.2, -0.15) is 11.3 Å². The van der Waals surface area contributed by atoms with Crippen LogP contribution in [-0.4, -0.2) is 35.2 Å². The van der Waals surface area contributed by atoms with E-state index in [1.54, 1.807) is 34.4 Å². The molecule has 0 aliphatic carbocycles. The molecule has 1 saturated heterocycles. The van der Waals surface area contributed by atoms with Gasteiger partial charge in [0.25, 0.3) is 0 Å². The number of thiophene rings is 1. The average molecular weight is 346 g/mol. The minimum Gasteiger partial charge on any atom is -0.508 e. The van der Waals surface area contributed by atoms with Crippen molar-refractivity contribution in [3.8, 4) is 5.75 Å². The Bertz CT molecular complexity index is 689. The number of phenols is 1. The van der Waals surface area contributed by atoms with Crippen LogP contribution >= 0.6 is 11.3 Å². The minimum absolute atomic E-state index is 0.00882. The number of rotatable bonds is 3. The molecule has 1 aromatic carbocycles. The van der Waals surface area contributed by atoms with Crippen LogP contribution < -0.4 is 5.32 Å². The van der Waals surface area contributed by atoms with Crippen molar-refractivity contribution in [1.82, 2.24) is 10.2 Å². The first-order chi connectivity index (χ1) is 11.5. The van der Waals surface area contributed by atoms with Crippen molar-refractivity contribution in [2.24, 2.45) is 0 Å². The number of hydrogen-bond acceptors (Lipinski definition) is 4. The Balaban J connectivity index is 1.65. The Labute approximate surface area is 145 Å². The largest absolute Gasteiger partial charge is 0.508 e. The Morgan fingerprint density at radius 2 is 2.25 bits per heavy atom. The normalized spacial score (nSPS) is 22.2. The maximum absolute atomic E-state index is 12.6. The molecule has 0 spiro atoms. The molecule has 1 aromatic heterocycles. The molecule has 3 atom stereocenters. The van der Waals surface area contributed by atoms with E-state index in [-0.39, 0.29) is 30.0 Å². The zero-order valence-corrected chi connectivity index (χ0v) is 14.6. The molecule has 0 unspecified atom stereocenters. The van der Waals surface area contributed by atoms with Crippen LogP contribution in [0.25, 0.3) is 0 Å². The van der Waals surface area contributed by atoms with Crippen molar-refractivity contribution in [1.29, 1.82) is 0 Å². The van der Waals surface area contributed by atoms with E-state index in [2.05, 4.69) is 10.7 Å². The SMILES string of the molecule is C[C@@H]1CN(C(=O)N[C@@H](C)c2cccc(O)c2)C[C@H](c2ccsc2)O1. The molecule has 0 bridgehead atoms. The lowest BCUT2D eigenvalue weighted by molar-refractivity contribution is -0.0657. The number of ether oxygens (including phenoxy) is 1. The minimum atomic E-state index is -0.178. The predicted octanol–water partition coefficient (Wildman–Crippen LogP) is 3.69. The van der Waals surface area contributed by atoms with E-state index in [0.29, 0.717) is 13.1 Å². The Morgan fingerprint density at radius 1 is 1.42 bits per heavy atom. The van der Waals surface area contributed by atoms with Gasteiger partial charge in [0, 0.05) is 6.54 Å². The summed E-state index contributed by atoms with van der Waals surface area (Å²) >= 11 is 1.63. The smallest absolute Gasteiger partial charge is 0.318 e. The average Bonchev–Trinajstić information content (AvgIpc) is 3.08. The van der Waals surface area contributed by atoms with E-state index < -0.39 is 0 Å². The number of amides is 2. The molecule has 24 heavy (non-hydrogen) atoms. The molecule has 1 fully saturated rings. The second kappa shape index (κ2) is 7.23. The number of hydrogen-bond donors (Lipinski definition) is 2. The Hall–Kier alpha value is -2.05. The fourth-order valence-electron chi connectivity index (χ4n) is 2.91. The number of nitrogens with zero attached hydrogens (tertiary/aromatic N) is 1. The molecule has 2 aromatic rings. The summed E-state index contributed by atoms with van der Waals surface area (Å²) < 4.78 is 5.97. The Morgan fingerprint density at radius 3 is 2.96 bits per heavy atom. The molecule has 0 saturated carbocycles. The molecule has 0 radical (unpaired) electrons. The van der Waals surface area contributed by atoms with Crippen LogP contribution in [0.5, 0.6) is 5.75 Å². The maximum atomic E-state index is 12.6. The van der Waals surface area contributed by atoms with E-state index in [0.717, 1.165) is 11.1 Å². The monoisotopic (exact) mass is 346 g/mol. The molecule has 2 heterocycles. The highest BCUT2D eigenvalue weighted by Gasteiger charge is 2.30. The highest BCUT2D eigenvalue weighted by molar-refractivity contribution is 7.07. The number of aromatic hydroxyl groups is 1. The number of nitrogens with one attached hydrogen (secondary N) is 1. The third kappa shape index (κ3) is 3.88. The van der Waals surface area contributed by atoms with E-state index in [9.17, 15) is 9.90 Å². The summed E-state index contributed by atoms with van der Waals surface area (Å²) in [6.07, 6.45) is -0.0905. The van der Waals surface area contributed by atoms with Gasteiger partial charge < -0.3 is 20.1 Å². The van der Waals surface area contributed by atoms with Crippen molar-refractivity contribution in [2.45, 2.75) is 32.1 Å². The van der Waals surface area contributed by atoms with Gasteiger partial charge in [-0.15, -0.1) is 0 Å². The molecule has 6 heteroatoms. The topological polar surface area (TPSA) is 61.8 Å². The van der Waals surface area contributed by atoms with Crippen LogP contribution in [0.2, 0.25) is 0 Å². The van der Waals surface area contributed by atoms with Gasteiger partial charge in [0.1, 0.15) is 11.9 Å². The third-order valence-electron chi connectivity index (χ3n) is 4.17. The quantitative estimate of drug-likeness (QED) is 0.891. The van der Waals surface area contributed by atoms with E-state index >= 15 is 0 Å². The molecular formula is C18H22N2O3S. The number of carbonyl (C=O) groups is 1. The fourth-order valence-corrected chi connectivity index (χ4v) is 3.62. The van der Waals surface area contributed by atoms with Crippen LogP contribution in [0.4, 0.5) is 4.79 Å². The van der Waals surface area contributed by atoms with Crippen molar-refractivity contribution in [3.05, 3.63) is 52.2 Å². The number of phenolic OH excluding ortho intramolecular Hbond substituents is 1. The molecule has 128 valence electrons. The van der Waals surface area contributed by atoms with Crippen LogP contribution in [-0.2, 0) is 4.74 Å². The van der Waals surface area contributed by atoms with Crippen molar-refractivity contribution in [3.63, 3.8) is 0 Å². The van der Waals surface area contributed by atoms with Gasteiger partial charge in [-0.3, -0.25) is 0 Å². The number of urea groups is 1. The fraction of sp³-hybridized carbons (Fsp3) is 0.389. The summed E-state index contributed by atoms with van der Waals surface area (Å²) in [6.45, 7) is 5.00. The van der Waals surface area contributed by atoms with E-state index in [1.807, 2.05) is 31.4 Å². The molecule has 1 aliphatic heterocycles. The molecule has 3 rings (SSSR count). The highest BCUT2D eigenvalue weighted by atomic mass is 32.1. The molecular weight excluding hydrogens is 324 g/mol. The lowest BCUT2D eigenvalue weighted by Gasteiger charge is -2.37. The molecule has 1 aliphatic rings. The lowest BCUT2D eigenvalue weighted by atomic mass is 10.1. The predicted molar refractivity (Wildman–Crippen MR) is 94.2 cm³/mol. The zero-order valence-electron chi connectivity index (χ0n) is 13.8. The first-order valence-electron chi connectivity index (χ1n) is 8.05. The molecule has 5 nitrogen and oxygen atoms in total. The Kier molecular flexibility index (Phi) is 5.06. The van der Waals surface area contributed by atoms with Crippen LogP contribution in [0.15, 0.2) is 41.1 Å². The van der Waals surface area contributed by atoms with Gasteiger partial charge in [0.2, 0.25) is 0 Å². The third-order valence-corrected chi connectivity index (χ3v) is 4.87. The van der Waals surface area contributed by atoms with Crippen molar-refractivity contribution in [2.75, 3.05) is 13.1 Å². The number of morpholine rings is 1. The maximum Gasteiger partial charge on any atom is 0.318 e. The van der Waals surface area contributed by atoms with Gasteiger partial charge in [-0.25, -0.2) is 4.79 Å². The first-order valence-corrected chi connectivity index (χ1v) is 8.99. The first kappa shape index (κ1) is 16.8. The van der Waals surface area contributed by atoms with Gasteiger partial charge in [-0.1, -0.05) is 12.1 Å². The summed E-state index contributed by atoms with van der Waals surface area (Å²) in [5.41, 5.74) is 1.99. The van der Waals surface area contributed by atoms with E-state index in [1.165, 1.54) is 0 Å². The molecule has 2 amide bonds. The summed E-state index contributed by atoms with van der Waals surface area (Å²) in [5.74, 6) is 0.200. The van der Waals surface area contributed by atoms with Crippen LogP contribution in [0.3, 0.4) is 0 Å². The summed E-state index contributed by atoms with van der Waals surface area (Å²) in [6, 6.07) is 8.70. The second-order valence-corrected chi connectivity index (χ2v) is 6.94. The van der Waals surface area contributed by atoms with Crippen molar-refractivity contribution < 1.29 is 14.6 Å². The second-order valence-electron chi connectivity index (χ2n) is 6.16. The number of benzene rings is 1. The van der Waals surface area contributed by atoms with Crippen LogP contribution in [0, 0.1) is 0 Å². The summed E-state index contributed by atoms with van der Waals surface area (Å²) in [5, 5.41) is 16.7. The van der Waals surface area contributed by atoms with E-state index in [4.69, 9.17) is 4.74 Å². The van der Waals surface area contributed by atoms with Gasteiger partial charge in [0.05, 0.1) is 18.7 Å². The standard InChI is InChI=1S/C18H22N2O3S/c1-12-9-20(10-17(23-12)15-6-7-24-11-15)18(22)19-13(2)14-4-3-5-16(21)8-14/h3-8,11-13,17,21H,9-10H2,1-2H3,(H,19,22)/t12-,13+,17-/m1/s1. The zero-order chi connectivity index (χ0) is 17.1. The molecule has 2 N–H and O–H groups in total. The lowest BCUT2D eigenvalue weighted by Crippen LogP contribution is -2.50. The highest BCUT2D eigenvalue weighted by Crippen LogP contribution is 2.27. The van der Waals surface area contributed by atoms with Crippen LogP contribution in [0.1, 0.15) is 37.1 Å². The van der Waals surface area contributed by atoms with Gasteiger partial charge in [0.15, 0.2) is 0 Å². The van der Waals surface area contributed by atoms with Gasteiger partial charge >= 0.3 is 6.03 Å². The summed E-state index contributed by atoms with van der Waals surface area (Å²) in [7, 11) is 0. The summed E-state index contributed by atoms with van der Waals surface area (Å²) in [4.78, 5) is 14.4. The van der Waals surface area contributed by atoms with Crippen molar-refractivity contribution >= 4 is 17.4 Å². The number of carbonyl (C=O) groups excluding carboxylic acids is 1.